The van der Waals surface area contributed by atoms with Crippen LogP contribution in [0.1, 0.15) is 51.9 Å². The predicted octanol–water partition coefficient (Wildman–Crippen LogP) is 1.00. The van der Waals surface area contributed by atoms with Crippen LogP contribution in [-0.2, 0) is 9.53 Å². The number of quaternary nitrogens is 1. The first-order chi connectivity index (χ1) is 10.1. The molecule has 21 heavy (non-hydrogen) atoms. The van der Waals surface area contributed by atoms with E-state index in [2.05, 4.69) is 24.4 Å². The van der Waals surface area contributed by atoms with Crippen LogP contribution in [0.25, 0.3) is 0 Å². The molecule has 0 aromatic rings. The monoisotopic (exact) mass is 298 g/mol. The van der Waals surface area contributed by atoms with Gasteiger partial charge in [-0.1, -0.05) is 25.7 Å². The first kappa shape index (κ1) is 18.0. The van der Waals surface area contributed by atoms with E-state index in [0.717, 1.165) is 45.2 Å². The van der Waals surface area contributed by atoms with E-state index in [1.165, 1.54) is 17.7 Å². The van der Waals surface area contributed by atoms with Gasteiger partial charge in [0, 0.05) is 19.5 Å². The van der Waals surface area contributed by atoms with E-state index < -0.39 is 0 Å². The second-order valence-corrected chi connectivity index (χ2v) is 6.14. The van der Waals surface area contributed by atoms with Crippen molar-refractivity contribution >= 4 is 12.0 Å². The third-order valence-electron chi connectivity index (χ3n) is 3.80. The van der Waals surface area contributed by atoms with Crippen LogP contribution in [0.4, 0.5) is 0 Å². The van der Waals surface area contributed by atoms with Crippen molar-refractivity contribution in [3.05, 3.63) is 0 Å². The summed E-state index contributed by atoms with van der Waals surface area (Å²) in [5.74, 6) is -0.0441. The number of esters is 1. The molecule has 0 aromatic heterocycles. The Balaban J connectivity index is 2.43. The molecular weight excluding hydrogens is 266 g/mol. The number of nitrogens with one attached hydrogen (secondary N) is 2. The third kappa shape index (κ3) is 8.05. The van der Waals surface area contributed by atoms with Crippen molar-refractivity contribution in [3.8, 4) is 0 Å². The maximum Gasteiger partial charge on any atom is 0.316 e. The molecule has 5 heteroatoms. The lowest BCUT2D eigenvalue weighted by atomic mass is 10.0. The first-order valence-corrected chi connectivity index (χ1v) is 8.42. The van der Waals surface area contributed by atoms with Crippen LogP contribution in [0.15, 0.2) is 4.99 Å². The Morgan fingerprint density at radius 2 is 1.90 bits per heavy atom. The quantitative estimate of drug-likeness (QED) is 0.253. The number of hydrogen-bond donors (Lipinski definition) is 2. The summed E-state index contributed by atoms with van der Waals surface area (Å²) >= 11 is 0. The van der Waals surface area contributed by atoms with Crippen LogP contribution < -0.4 is 10.2 Å². The topological polar surface area (TPSA) is 55.1 Å². The molecule has 0 saturated heterocycles. The average Bonchev–Trinajstić information content (AvgIpc) is 2.72. The van der Waals surface area contributed by atoms with Gasteiger partial charge in [0.1, 0.15) is 0 Å². The minimum absolute atomic E-state index is 0.0579. The van der Waals surface area contributed by atoms with Gasteiger partial charge in [-0.05, 0) is 19.8 Å². The first-order valence-electron chi connectivity index (χ1n) is 8.42. The Morgan fingerprint density at radius 3 is 2.48 bits per heavy atom. The maximum absolute atomic E-state index is 12.2. The van der Waals surface area contributed by atoms with Crippen LogP contribution in [-0.4, -0.2) is 45.7 Å². The Hall–Kier alpha value is -1.10. The lowest BCUT2D eigenvalue weighted by Crippen LogP contribution is -3.05. The van der Waals surface area contributed by atoms with E-state index in [4.69, 9.17) is 4.74 Å². The minimum Gasteiger partial charge on any atom is -0.393 e. The number of aliphatic imine (C=N–C) groups is 1. The molecule has 0 aromatic carbocycles. The number of ether oxygens (including phenoxy) is 1. The largest absolute Gasteiger partial charge is 0.393 e. The second kappa shape index (κ2) is 10.6. The van der Waals surface area contributed by atoms with Gasteiger partial charge in [-0.15, -0.1) is 0 Å². The summed E-state index contributed by atoms with van der Waals surface area (Å²) in [5, 5.41) is 3.06. The highest BCUT2D eigenvalue weighted by Crippen LogP contribution is 2.23. The highest BCUT2D eigenvalue weighted by molar-refractivity contribution is 5.88. The molecule has 2 N–H and O–H groups in total. The highest BCUT2D eigenvalue weighted by Gasteiger charge is 2.22. The molecule has 0 heterocycles. The fraction of sp³-hybridized carbons (Fsp3) is 0.875. The van der Waals surface area contributed by atoms with E-state index in [1.807, 2.05) is 6.92 Å². The number of carbonyl (C=O) groups is 1. The molecular formula is C16H32N3O2+. The second-order valence-electron chi connectivity index (χ2n) is 6.14. The van der Waals surface area contributed by atoms with Crippen molar-refractivity contribution in [2.45, 2.75) is 51.9 Å². The number of rotatable bonds is 6. The summed E-state index contributed by atoms with van der Waals surface area (Å²) in [5.41, 5.74) is 0. The molecule has 0 aliphatic heterocycles. The van der Waals surface area contributed by atoms with Gasteiger partial charge in [-0.25, -0.2) is 4.99 Å². The fourth-order valence-electron chi connectivity index (χ4n) is 2.58. The van der Waals surface area contributed by atoms with Gasteiger partial charge in [0.05, 0.1) is 26.6 Å². The highest BCUT2D eigenvalue weighted by atomic mass is 16.6. The molecule has 122 valence electrons. The zero-order valence-electron chi connectivity index (χ0n) is 13.9. The lowest BCUT2D eigenvalue weighted by molar-refractivity contribution is -0.858. The summed E-state index contributed by atoms with van der Waals surface area (Å²) in [4.78, 5) is 18.0. The summed E-state index contributed by atoms with van der Waals surface area (Å²) in [7, 11) is 4.25. The molecule has 0 radical (unpaired) electrons. The zero-order chi connectivity index (χ0) is 15.5. The van der Waals surface area contributed by atoms with Crippen molar-refractivity contribution in [1.29, 1.82) is 0 Å². The van der Waals surface area contributed by atoms with Crippen molar-refractivity contribution < 1.29 is 14.4 Å². The Morgan fingerprint density at radius 1 is 1.24 bits per heavy atom. The fourth-order valence-corrected chi connectivity index (χ4v) is 2.58. The van der Waals surface area contributed by atoms with Crippen molar-refractivity contribution in [2.24, 2.45) is 10.9 Å². The Labute approximate surface area is 129 Å². The zero-order valence-corrected chi connectivity index (χ0v) is 13.9. The predicted molar refractivity (Wildman–Crippen MR) is 85.6 cm³/mol. The van der Waals surface area contributed by atoms with Gasteiger partial charge in [0.15, 0.2) is 0 Å². The number of nitrogens with zero attached hydrogens (tertiary/aromatic N) is 1. The lowest BCUT2D eigenvalue weighted by Gasteiger charge is -2.14. The van der Waals surface area contributed by atoms with Crippen LogP contribution in [0.5, 0.6) is 0 Å². The van der Waals surface area contributed by atoms with Crippen LogP contribution in [0.3, 0.4) is 0 Å². The number of amidine groups is 1. The van der Waals surface area contributed by atoms with E-state index in [1.54, 1.807) is 0 Å². The van der Waals surface area contributed by atoms with E-state index >= 15 is 0 Å². The molecule has 1 aliphatic carbocycles. The summed E-state index contributed by atoms with van der Waals surface area (Å²) in [6.45, 7) is 4.47. The number of hydrogen-bond acceptors (Lipinski definition) is 3. The molecule has 1 aliphatic rings. The van der Waals surface area contributed by atoms with Crippen LogP contribution in [0, 0.1) is 5.92 Å². The molecule has 1 fully saturated rings. The van der Waals surface area contributed by atoms with Crippen molar-refractivity contribution in [1.82, 2.24) is 5.32 Å². The standard InChI is InChI=1S/C16H31N3O2/c1-4-17-16(18-12-9-13-19(2)3)21-15(20)14-10-7-5-6-8-11-14/h14H,4-13H2,1-3H3,(H,17,18)/p+1. The van der Waals surface area contributed by atoms with Gasteiger partial charge >= 0.3 is 5.97 Å². The molecule has 1 rings (SSSR count). The smallest absolute Gasteiger partial charge is 0.316 e. The SMILES string of the molecule is CCNC(=NCCC[NH+](C)C)OC(=O)C1CCCCCC1. The molecule has 0 unspecified atom stereocenters. The Bertz CT molecular complexity index is 321. The van der Waals surface area contributed by atoms with Crippen molar-refractivity contribution in [2.75, 3.05) is 33.7 Å². The minimum atomic E-state index is -0.102. The van der Waals surface area contributed by atoms with E-state index in [9.17, 15) is 4.79 Å². The molecule has 0 bridgehead atoms. The summed E-state index contributed by atoms with van der Waals surface area (Å²) in [6.07, 6.45) is 7.68. The van der Waals surface area contributed by atoms with E-state index in [-0.39, 0.29) is 11.9 Å². The normalized spacial score (nSPS) is 17.6. The maximum atomic E-state index is 12.2. The Kier molecular flexibility index (Phi) is 9.06. The third-order valence-corrected chi connectivity index (χ3v) is 3.80. The van der Waals surface area contributed by atoms with Crippen LogP contribution in [0.2, 0.25) is 0 Å². The molecule has 0 atom stereocenters. The molecule has 1 saturated carbocycles. The average molecular weight is 298 g/mol. The van der Waals surface area contributed by atoms with Crippen LogP contribution >= 0.6 is 0 Å². The van der Waals surface area contributed by atoms with Gasteiger partial charge in [0.2, 0.25) is 0 Å². The van der Waals surface area contributed by atoms with Gasteiger partial charge in [-0.3, -0.25) is 4.79 Å². The van der Waals surface area contributed by atoms with Crippen molar-refractivity contribution in [3.63, 3.8) is 0 Å². The van der Waals surface area contributed by atoms with Gasteiger partial charge in [-0.2, -0.15) is 0 Å². The van der Waals surface area contributed by atoms with Gasteiger partial charge in [0.25, 0.3) is 6.02 Å². The molecule has 0 amide bonds. The molecule has 0 spiro atoms. The summed E-state index contributed by atoms with van der Waals surface area (Å²) in [6, 6.07) is 0.403. The molecule has 5 nitrogen and oxygen atoms in total. The van der Waals surface area contributed by atoms with E-state index in [0.29, 0.717) is 12.6 Å². The van der Waals surface area contributed by atoms with Gasteiger partial charge < -0.3 is 15.0 Å². The number of carbonyl (C=O) groups excluding carboxylic acids is 1. The summed E-state index contributed by atoms with van der Waals surface area (Å²) < 4.78 is 5.49.